The van der Waals surface area contributed by atoms with Crippen molar-refractivity contribution in [1.29, 1.82) is 0 Å². The second-order valence-electron chi connectivity index (χ2n) is 11.7. The molecule has 0 aromatic heterocycles. The maximum Gasteiger partial charge on any atom is 0.522 e. The summed E-state index contributed by atoms with van der Waals surface area (Å²) in [5, 5.41) is 6.60. The Hall–Kier alpha value is -2.91. The molecule has 0 radical (unpaired) electrons. The van der Waals surface area contributed by atoms with Crippen molar-refractivity contribution in [2.45, 2.75) is 83.5 Å². The molecule has 0 aromatic rings. The Bertz CT molecular complexity index is 1040. The summed E-state index contributed by atoms with van der Waals surface area (Å²) in [7, 11) is 0. The van der Waals surface area contributed by atoms with Gasteiger partial charge in [0.25, 0.3) is 0 Å². The standard InChI is InChI=1S/C24H32F6N4O6/c1-21(2,3)16(33-20(39)23(25,26)27)19(38)34-11-22(5-6-22)9-14(34)18(37)32-13(8-12-4-7-31-17(12)36)15(35)10-40-24(28,29)30/h12-14,16H,4-11H2,1-3H3,(H,31,36)(H,32,37)(H,33,39)/t12-,13?,14-,16?/m0/s1. The van der Waals surface area contributed by atoms with Crippen LogP contribution < -0.4 is 16.0 Å². The van der Waals surface area contributed by atoms with Crippen LogP contribution in [-0.4, -0.2) is 84.7 Å². The molecule has 1 spiro atoms. The van der Waals surface area contributed by atoms with E-state index in [0.717, 1.165) is 4.90 Å². The summed E-state index contributed by atoms with van der Waals surface area (Å²) in [6.45, 7) is 3.18. The van der Waals surface area contributed by atoms with Crippen LogP contribution in [0.5, 0.6) is 0 Å². The minimum Gasteiger partial charge on any atom is -0.356 e. The molecule has 2 unspecified atom stereocenters. The first kappa shape index (κ1) is 31.6. The van der Waals surface area contributed by atoms with E-state index in [-0.39, 0.29) is 32.4 Å². The van der Waals surface area contributed by atoms with Crippen molar-refractivity contribution in [3.8, 4) is 0 Å². The van der Waals surface area contributed by atoms with Gasteiger partial charge in [-0.3, -0.25) is 28.7 Å². The summed E-state index contributed by atoms with van der Waals surface area (Å²) in [6, 6.07) is -4.48. The van der Waals surface area contributed by atoms with E-state index in [9.17, 15) is 50.3 Å². The number of carbonyl (C=O) groups excluding carboxylic acids is 5. The Balaban J connectivity index is 1.82. The molecule has 1 aliphatic carbocycles. The maximum atomic E-state index is 13.5. The highest BCUT2D eigenvalue weighted by Crippen LogP contribution is 2.55. The monoisotopic (exact) mass is 586 g/mol. The first-order valence-corrected chi connectivity index (χ1v) is 12.7. The van der Waals surface area contributed by atoms with Crippen molar-refractivity contribution < 1.29 is 55.1 Å². The first-order valence-electron chi connectivity index (χ1n) is 12.7. The lowest BCUT2D eigenvalue weighted by atomic mass is 9.85. The Labute approximate surface area is 225 Å². The molecule has 3 N–H and O–H groups in total. The molecule has 0 bridgehead atoms. The largest absolute Gasteiger partial charge is 0.522 e. The predicted molar refractivity (Wildman–Crippen MR) is 124 cm³/mol. The SMILES string of the molecule is CC(C)(C)C(NC(=O)C(F)(F)F)C(=O)N1CC2(CC2)C[C@H]1C(=O)NC(C[C@@H]1CCNC1=O)C(=O)COC(F)(F)F. The molecular weight excluding hydrogens is 554 g/mol. The zero-order chi connectivity index (χ0) is 30.3. The van der Waals surface area contributed by atoms with E-state index in [2.05, 4.69) is 15.4 Å². The maximum absolute atomic E-state index is 13.5. The molecule has 2 aliphatic heterocycles. The second-order valence-corrected chi connectivity index (χ2v) is 11.7. The van der Waals surface area contributed by atoms with Crippen LogP contribution in [0.1, 0.15) is 52.9 Å². The molecule has 3 aliphatic rings. The van der Waals surface area contributed by atoms with Crippen LogP contribution in [0.25, 0.3) is 0 Å². The van der Waals surface area contributed by atoms with Gasteiger partial charge in [0.1, 0.15) is 18.7 Å². The summed E-state index contributed by atoms with van der Waals surface area (Å²) >= 11 is 0. The van der Waals surface area contributed by atoms with Gasteiger partial charge in [-0.05, 0) is 42.9 Å². The van der Waals surface area contributed by atoms with Crippen LogP contribution in [0.2, 0.25) is 0 Å². The minimum absolute atomic E-state index is 0.0131. The number of nitrogens with one attached hydrogen (secondary N) is 3. The lowest BCUT2D eigenvalue weighted by Gasteiger charge is -2.36. The van der Waals surface area contributed by atoms with E-state index in [4.69, 9.17) is 0 Å². The average molecular weight is 587 g/mol. The molecule has 40 heavy (non-hydrogen) atoms. The first-order chi connectivity index (χ1) is 18.2. The molecule has 3 fully saturated rings. The number of nitrogens with zero attached hydrogens (tertiary/aromatic N) is 1. The number of hydrogen-bond acceptors (Lipinski definition) is 6. The van der Waals surface area contributed by atoms with E-state index in [1.807, 2.05) is 0 Å². The van der Waals surface area contributed by atoms with Crippen molar-refractivity contribution in [1.82, 2.24) is 20.9 Å². The van der Waals surface area contributed by atoms with Gasteiger partial charge in [-0.15, -0.1) is 13.2 Å². The smallest absolute Gasteiger partial charge is 0.356 e. The Morgan fingerprint density at radius 3 is 2.17 bits per heavy atom. The summed E-state index contributed by atoms with van der Waals surface area (Å²) in [4.78, 5) is 64.4. The summed E-state index contributed by atoms with van der Waals surface area (Å²) in [6.07, 6.45) is -9.05. The highest BCUT2D eigenvalue weighted by atomic mass is 19.4. The number of ketones is 1. The van der Waals surface area contributed by atoms with Crippen LogP contribution in [0.4, 0.5) is 26.3 Å². The van der Waals surface area contributed by atoms with Crippen molar-refractivity contribution in [3.63, 3.8) is 0 Å². The number of carbonyl (C=O) groups is 5. The van der Waals surface area contributed by atoms with Crippen LogP contribution in [0.3, 0.4) is 0 Å². The highest BCUT2D eigenvalue weighted by molar-refractivity contribution is 5.96. The fraction of sp³-hybridized carbons (Fsp3) is 0.792. The van der Waals surface area contributed by atoms with E-state index < -0.39 is 83.4 Å². The van der Waals surface area contributed by atoms with Gasteiger partial charge in [-0.1, -0.05) is 20.8 Å². The number of ether oxygens (including phenoxy) is 1. The zero-order valence-corrected chi connectivity index (χ0v) is 22.1. The number of halogens is 6. The summed E-state index contributed by atoms with van der Waals surface area (Å²) in [5.74, 6) is -6.52. The number of rotatable bonds is 9. The molecule has 1 saturated carbocycles. The van der Waals surface area contributed by atoms with Gasteiger partial charge < -0.3 is 20.9 Å². The van der Waals surface area contributed by atoms with Gasteiger partial charge in [0.15, 0.2) is 5.78 Å². The zero-order valence-electron chi connectivity index (χ0n) is 22.1. The minimum atomic E-state index is -5.26. The van der Waals surface area contributed by atoms with Gasteiger partial charge in [-0.25, -0.2) is 0 Å². The van der Waals surface area contributed by atoms with E-state index in [1.54, 1.807) is 5.32 Å². The Kier molecular flexibility index (Phi) is 8.82. The van der Waals surface area contributed by atoms with Crippen LogP contribution in [0.15, 0.2) is 0 Å². The fourth-order valence-corrected chi connectivity index (χ4v) is 5.04. The van der Waals surface area contributed by atoms with Gasteiger partial charge in [-0.2, -0.15) is 13.2 Å². The Morgan fingerprint density at radius 1 is 1.07 bits per heavy atom. The number of amides is 4. The van der Waals surface area contributed by atoms with Crippen LogP contribution >= 0.6 is 0 Å². The van der Waals surface area contributed by atoms with Gasteiger partial charge in [0.05, 0.1) is 6.04 Å². The molecule has 2 saturated heterocycles. The molecule has 16 heteroatoms. The number of hydrogen-bond donors (Lipinski definition) is 3. The predicted octanol–water partition coefficient (Wildman–Crippen LogP) is 1.58. The molecule has 4 atom stereocenters. The van der Waals surface area contributed by atoms with Crippen LogP contribution in [0, 0.1) is 16.7 Å². The molecule has 10 nitrogen and oxygen atoms in total. The van der Waals surface area contributed by atoms with E-state index in [0.29, 0.717) is 12.8 Å². The normalized spacial score (nSPS) is 23.9. The van der Waals surface area contributed by atoms with Gasteiger partial charge in [0, 0.05) is 19.0 Å². The van der Waals surface area contributed by atoms with Gasteiger partial charge >= 0.3 is 18.4 Å². The topological polar surface area (TPSA) is 134 Å². The molecule has 226 valence electrons. The highest BCUT2D eigenvalue weighted by Gasteiger charge is 2.57. The molecular formula is C24H32F6N4O6. The van der Waals surface area contributed by atoms with Crippen molar-refractivity contribution in [2.24, 2.45) is 16.7 Å². The summed E-state index contributed by atoms with van der Waals surface area (Å²) in [5.41, 5.74) is -1.67. The second kappa shape index (κ2) is 11.2. The van der Waals surface area contributed by atoms with Crippen LogP contribution in [-0.2, 0) is 28.7 Å². The van der Waals surface area contributed by atoms with Crippen molar-refractivity contribution >= 4 is 29.4 Å². The van der Waals surface area contributed by atoms with E-state index >= 15 is 0 Å². The molecule has 2 heterocycles. The number of likely N-dealkylation sites (tertiary alicyclic amines) is 1. The third-order valence-electron chi connectivity index (χ3n) is 7.46. The quantitative estimate of drug-likeness (QED) is 0.352. The average Bonchev–Trinajstić information content (AvgIpc) is 3.27. The number of Topliss-reactive ketones (excluding diaryl/α,β-unsaturated/α-hetero) is 1. The summed E-state index contributed by atoms with van der Waals surface area (Å²) < 4.78 is 80.2. The molecule has 3 rings (SSSR count). The Morgan fingerprint density at radius 2 is 1.70 bits per heavy atom. The third kappa shape index (κ3) is 7.85. The third-order valence-corrected chi connectivity index (χ3v) is 7.46. The number of alkyl halides is 6. The lowest BCUT2D eigenvalue weighted by molar-refractivity contribution is -0.321. The lowest BCUT2D eigenvalue weighted by Crippen LogP contribution is -2.60. The fourth-order valence-electron chi connectivity index (χ4n) is 5.04. The molecule has 0 aromatic carbocycles. The van der Waals surface area contributed by atoms with E-state index in [1.165, 1.54) is 20.8 Å². The van der Waals surface area contributed by atoms with Crippen molar-refractivity contribution in [2.75, 3.05) is 19.7 Å². The van der Waals surface area contributed by atoms with Gasteiger partial charge in [0.2, 0.25) is 17.7 Å². The molecule has 4 amide bonds. The van der Waals surface area contributed by atoms with Crippen molar-refractivity contribution in [3.05, 3.63) is 0 Å².